The van der Waals surface area contributed by atoms with Crippen LogP contribution in [-0.4, -0.2) is 39.2 Å². The zero-order valence-corrected chi connectivity index (χ0v) is 26.0. The maximum atomic E-state index is 10.9. The summed E-state index contributed by atoms with van der Waals surface area (Å²) in [7, 11) is -0.352. The number of hydrogen-bond acceptors (Lipinski definition) is 7. The zero-order chi connectivity index (χ0) is 29.6. The van der Waals surface area contributed by atoms with Gasteiger partial charge in [0.15, 0.2) is 8.32 Å². The molecule has 0 spiro atoms. The summed E-state index contributed by atoms with van der Waals surface area (Å²) in [5.41, 5.74) is 8.20. The van der Waals surface area contributed by atoms with E-state index in [0.29, 0.717) is 11.5 Å². The molecule has 2 aromatic carbocycles. The summed E-state index contributed by atoms with van der Waals surface area (Å²) in [4.78, 5) is 24.5. The fourth-order valence-corrected chi connectivity index (χ4v) is 6.03. The maximum absolute atomic E-state index is 10.9. The van der Waals surface area contributed by atoms with Crippen LogP contribution in [-0.2, 0) is 12.5 Å². The summed E-state index contributed by atoms with van der Waals surface area (Å²) in [5, 5.41) is 16.8. The van der Waals surface area contributed by atoms with Crippen LogP contribution in [0.15, 0.2) is 55.1 Å². The topological polar surface area (TPSA) is 112 Å². The average Bonchev–Trinajstić information content (AvgIpc) is 3.51. The largest absolute Gasteiger partial charge is 0.432 e. The van der Waals surface area contributed by atoms with Gasteiger partial charge in [0.2, 0.25) is 5.95 Å². The molecular weight excluding hydrogens is 526 g/mol. The number of fused-ring (bicyclic) bond motifs is 1. The Balaban J connectivity index is 1.46. The summed E-state index contributed by atoms with van der Waals surface area (Å²) < 4.78 is 1.99. The molecule has 1 aliphatic rings. The van der Waals surface area contributed by atoms with E-state index in [1.54, 1.807) is 12.5 Å². The molecule has 0 saturated heterocycles. The first kappa shape index (κ1) is 28.5. The van der Waals surface area contributed by atoms with E-state index in [0.717, 1.165) is 64.4 Å². The van der Waals surface area contributed by atoms with Crippen molar-refractivity contribution >= 4 is 25.6 Å². The SMILES string of the molecule is Cc1ccc(-c2cncn2C)cc1Nc1nccc(-c2cc(C#N)c3c(c2)[C@@](C)(CCC(C)(C)[Si](C)(C)O)CN3)n1. The third-order valence-electron chi connectivity index (χ3n) is 9.07. The van der Waals surface area contributed by atoms with Crippen LogP contribution in [0.5, 0.6) is 0 Å². The molecule has 0 unspecified atom stereocenters. The number of aryl methyl sites for hydroxylation is 2. The smallest absolute Gasteiger partial charge is 0.227 e. The van der Waals surface area contributed by atoms with Gasteiger partial charge in [0.1, 0.15) is 6.07 Å². The number of aromatic nitrogens is 4. The Hall–Kier alpha value is -4.00. The van der Waals surface area contributed by atoms with Crippen LogP contribution >= 0.6 is 0 Å². The van der Waals surface area contributed by atoms with Crippen molar-refractivity contribution < 1.29 is 4.80 Å². The maximum Gasteiger partial charge on any atom is 0.227 e. The van der Waals surface area contributed by atoms with E-state index in [2.05, 4.69) is 78.6 Å². The second kappa shape index (κ2) is 10.4. The van der Waals surface area contributed by atoms with Gasteiger partial charge in [0.25, 0.3) is 0 Å². The lowest BCUT2D eigenvalue weighted by atomic mass is 9.77. The third kappa shape index (κ3) is 5.50. The number of hydrogen-bond donors (Lipinski definition) is 3. The first-order chi connectivity index (χ1) is 19.3. The molecule has 4 aromatic rings. The molecule has 9 heteroatoms. The summed E-state index contributed by atoms with van der Waals surface area (Å²) in [6, 6.07) is 14.6. The quantitative estimate of drug-likeness (QED) is 0.199. The van der Waals surface area contributed by atoms with Crippen LogP contribution < -0.4 is 10.6 Å². The lowest BCUT2D eigenvalue weighted by Gasteiger charge is -2.38. The van der Waals surface area contributed by atoms with Crippen LogP contribution in [0.2, 0.25) is 18.1 Å². The third-order valence-corrected chi connectivity index (χ3v) is 12.6. The van der Waals surface area contributed by atoms with E-state index < -0.39 is 8.32 Å². The normalized spacial score (nSPS) is 16.7. The molecule has 0 radical (unpaired) electrons. The van der Waals surface area contributed by atoms with Gasteiger partial charge in [-0.1, -0.05) is 32.9 Å². The molecular formula is C32H39N7OSi. The van der Waals surface area contributed by atoms with Crippen LogP contribution in [0, 0.1) is 18.3 Å². The number of nitrogens with one attached hydrogen (secondary N) is 2. The number of nitrogens with zero attached hydrogens (tertiary/aromatic N) is 5. The molecule has 1 atom stereocenters. The summed E-state index contributed by atoms with van der Waals surface area (Å²) in [6.07, 6.45) is 7.21. The predicted molar refractivity (Wildman–Crippen MR) is 168 cm³/mol. The minimum absolute atomic E-state index is 0.117. The van der Waals surface area contributed by atoms with Crippen molar-refractivity contribution in [3.63, 3.8) is 0 Å². The van der Waals surface area contributed by atoms with E-state index >= 15 is 0 Å². The van der Waals surface area contributed by atoms with E-state index in [1.165, 1.54) is 0 Å². The average molecular weight is 566 g/mol. The zero-order valence-electron chi connectivity index (χ0n) is 25.0. The Bertz CT molecular complexity index is 1650. The minimum atomic E-state index is -2.33. The van der Waals surface area contributed by atoms with E-state index in [-0.39, 0.29) is 10.5 Å². The minimum Gasteiger partial charge on any atom is -0.432 e. The lowest BCUT2D eigenvalue weighted by Crippen LogP contribution is -2.40. The summed E-state index contributed by atoms with van der Waals surface area (Å²) in [6.45, 7) is 13.4. The molecule has 0 bridgehead atoms. The highest BCUT2D eigenvalue weighted by Crippen LogP contribution is 2.48. The number of imidazole rings is 1. The Labute approximate surface area is 243 Å². The van der Waals surface area contributed by atoms with E-state index in [4.69, 9.17) is 4.98 Å². The van der Waals surface area contributed by atoms with Crippen molar-refractivity contribution in [3.05, 3.63) is 71.8 Å². The molecule has 212 valence electrons. The Kier molecular flexibility index (Phi) is 7.26. The number of anilines is 3. The van der Waals surface area contributed by atoms with E-state index in [9.17, 15) is 10.1 Å². The molecule has 3 N–H and O–H groups in total. The number of benzene rings is 2. The van der Waals surface area contributed by atoms with Crippen molar-refractivity contribution in [3.8, 4) is 28.6 Å². The molecule has 0 saturated carbocycles. The van der Waals surface area contributed by atoms with Crippen molar-refractivity contribution in [2.24, 2.45) is 7.05 Å². The van der Waals surface area contributed by atoms with Crippen molar-refractivity contribution in [1.29, 1.82) is 5.26 Å². The molecule has 5 rings (SSSR count). The van der Waals surface area contributed by atoms with Crippen LogP contribution in [0.25, 0.3) is 22.5 Å². The second-order valence-electron chi connectivity index (χ2n) is 12.7. The fraction of sp³-hybridized carbons (Fsp3) is 0.375. The first-order valence-corrected chi connectivity index (χ1v) is 17.0. The molecule has 0 aliphatic carbocycles. The van der Waals surface area contributed by atoms with Crippen LogP contribution in [0.1, 0.15) is 50.3 Å². The van der Waals surface area contributed by atoms with Crippen molar-refractivity contribution in [2.75, 3.05) is 17.2 Å². The molecule has 0 fully saturated rings. The standard InChI is InChI=1S/C32H39N7OSi/c1-21-8-9-22(28-18-34-20-39(28)5)16-27(21)38-30-35-13-10-26(37-30)23-14-24(17-33)29-25(15-23)32(4,19-36-29)12-11-31(2,3)41(6,7)40/h8-10,13-16,18,20,36,40H,11-12,19H2,1-7H3,(H,35,37,38)/t32-/m0/s1. The Morgan fingerprint density at radius 2 is 1.98 bits per heavy atom. The van der Waals surface area contributed by atoms with Gasteiger partial charge in [-0.3, -0.25) is 0 Å². The highest BCUT2D eigenvalue weighted by Gasteiger charge is 2.42. The van der Waals surface area contributed by atoms with Gasteiger partial charge in [0, 0.05) is 42.0 Å². The highest BCUT2D eigenvalue weighted by molar-refractivity contribution is 6.72. The molecule has 2 aromatic heterocycles. The van der Waals surface area contributed by atoms with Crippen LogP contribution in [0.3, 0.4) is 0 Å². The van der Waals surface area contributed by atoms with Gasteiger partial charge < -0.3 is 20.0 Å². The Morgan fingerprint density at radius 1 is 1.20 bits per heavy atom. The highest BCUT2D eigenvalue weighted by atomic mass is 28.4. The molecule has 1 aliphatic heterocycles. The number of nitriles is 1. The van der Waals surface area contributed by atoms with Gasteiger partial charge in [-0.2, -0.15) is 5.26 Å². The molecule has 41 heavy (non-hydrogen) atoms. The van der Waals surface area contributed by atoms with Crippen LogP contribution in [0.4, 0.5) is 17.3 Å². The van der Waals surface area contributed by atoms with E-state index in [1.807, 2.05) is 43.0 Å². The van der Waals surface area contributed by atoms with Crippen molar-refractivity contribution in [2.45, 2.75) is 64.1 Å². The molecule has 0 amide bonds. The Morgan fingerprint density at radius 3 is 2.66 bits per heavy atom. The van der Waals surface area contributed by atoms with Gasteiger partial charge in [-0.25, -0.2) is 15.0 Å². The lowest BCUT2D eigenvalue weighted by molar-refractivity contribution is 0.384. The fourth-order valence-electron chi connectivity index (χ4n) is 5.29. The van der Waals surface area contributed by atoms with Gasteiger partial charge in [-0.15, -0.1) is 0 Å². The predicted octanol–water partition coefficient (Wildman–Crippen LogP) is 6.91. The summed E-state index contributed by atoms with van der Waals surface area (Å²) >= 11 is 0. The molecule has 3 heterocycles. The van der Waals surface area contributed by atoms with Crippen molar-refractivity contribution in [1.82, 2.24) is 19.5 Å². The monoisotopic (exact) mass is 565 g/mol. The second-order valence-corrected chi connectivity index (χ2v) is 17.2. The van der Waals surface area contributed by atoms with Gasteiger partial charge >= 0.3 is 0 Å². The summed E-state index contributed by atoms with van der Waals surface area (Å²) in [5.74, 6) is 0.490. The van der Waals surface area contributed by atoms with Gasteiger partial charge in [0.05, 0.1) is 35.2 Å². The van der Waals surface area contributed by atoms with Gasteiger partial charge in [-0.05, 0) is 73.3 Å². The molecule has 8 nitrogen and oxygen atoms in total. The number of rotatable bonds is 8. The first-order valence-electron chi connectivity index (χ1n) is 14.0.